The highest BCUT2D eigenvalue weighted by Gasteiger charge is 2.39. The molecule has 0 spiro atoms. The molecule has 1 aliphatic heterocycles. The van der Waals surface area contributed by atoms with Crippen molar-refractivity contribution in [3.8, 4) is 0 Å². The number of ether oxygens (including phenoxy) is 2. The number of aryl methyl sites for hydroxylation is 1. The number of benzene rings is 2. The zero-order chi connectivity index (χ0) is 35.3. The molecule has 0 saturated carbocycles. The van der Waals surface area contributed by atoms with Crippen LogP contribution in [0.2, 0.25) is 0 Å². The quantitative estimate of drug-likeness (QED) is 0.109. The Hall–Kier alpha value is -2.96. The summed E-state index contributed by atoms with van der Waals surface area (Å²) in [5.74, 6) is -0.537. The van der Waals surface area contributed by atoms with Crippen molar-refractivity contribution in [1.82, 2.24) is 0 Å². The van der Waals surface area contributed by atoms with Gasteiger partial charge in [0.2, 0.25) is 0 Å². The molecular weight excluding hydrogens is 673 g/mol. The molecule has 1 aliphatic rings. The highest BCUT2D eigenvalue weighted by atomic mass is 32.2. The van der Waals surface area contributed by atoms with Gasteiger partial charge in [-0.05, 0) is 99.2 Å². The number of nitrogens with one attached hydrogen (secondary N) is 1. The average Bonchev–Trinajstić information content (AvgIpc) is 3.24. The van der Waals surface area contributed by atoms with Gasteiger partial charge in [0.1, 0.15) is 0 Å². The van der Waals surface area contributed by atoms with E-state index in [2.05, 4.69) is 5.32 Å². The maximum Gasteiger partial charge on any atom is 0.294 e. The van der Waals surface area contributed by atoms with Gasteiger partial charge in [-0.2, -0.15) is 25.3 Å². The summed E-state index contributed by atoms with van der Waals surface area (Å²) in [5, 5.41) is 3.32. The Kier molecular flexibility index (Phi) is 12.3. The van der Waals surface area contributed by atoms with Crippen molar-refractivity contribution in [1.29, 1.82) is 0 Å². The molecule has 0 fully saturated rings. The molecule has 0 aliphatic carbocycles. The Bertz CT molecular complexity index is 1890. The van der Waals surface area contributed by atoms with Crippen molar-refractivity contribution in [2.24, 2.45) is 4.99 Å². The van der Waals surface area contributed by atoms with Crippen molar-refractivity contribution >= 4 is 41.8 Å². The number of fused-ring (bicyclic) bond motifs is 1. The number of nitrogens with zero attached hydrogens (tertiary/aromatic N) is 1. The Labute approximate surface area is 277 Å². The summed E-state index contributed by atoms with van der Waals surface area (Å²) in [6.07, 6.45) is 5.81. The minimum Gasteiger partial charge on any atom is -0.385 e. The number of rotatable bonds is 16. The van der Waals surface area contributed by atoms with Gasteiger partial charge in [0.05, 0.1) is 28.7 Å². The van der Waals surface area contributed by atoms with Crippen molar-refractivity contribution in [3.63, 3.8) is 0 Å². The van der Waals surface area contributed by atoms with E-state index >= 15 is 0 Å². The number of hydrogen-bond donors (Lipinski definition) is 4. The van der Waals surface area contributed by atoms with E-state index in [0.29, 0.717) is 46.8 Å². The van der Waals surface area contributed by atoms with Crippen molar-refractivity contribution < 1.29 is 48.4 Å². The zero-order valence-electron chi connectivity index (χ0n) is 26.9. The molecule has 0 radical (unpaired) electrons. The average molecular weight is 715 g/mol. The molecule has 2 unspecified atom stereocenters. The van der Waals surface area contributed by atoms with Crippen molar-refractivity contribution in [3.05, 3.63) is 77.0 Å². The lowest BCUT2D eigenvalue weighted by Crippen LogP contribution is -2.34. The van der Waals surface area contributed by atoms with E-state index in [-0.39, 0.29) is 35.8 Å². The third-order valence-electron chi connectivity index (χ3n) is 8.39. The van der Waals surface area contributed by atoms with Gasteiger partial charge < -0.3 is 14.8 Å². The van der Waals surface area contributed by atoms with Crippen LogP contribution in [0.15, 0.2) is 75.1 Å². The van der Waals surface area contributed by atoms with Crippen LogP contribution in [0.3, 0.4) is 0 Å². The lowest BCUT2D eigenvalue weighted by Gasteiger charge is -2.33. The van der Waals surface area contributed by atoms with Gasteiger partial charge in [-0.25, -0.2) is 0 Å². The van der Waals surface area contributed by atoms with Crippen LogP contribution in [0.4, 0.5) is 5.69 Å². The first kappa shape index (κ1) is 38.5. The first-order valence-electron chi connectivity index (χ1n) is 14.6. The third-order valence-corrected chi connectivity index (χ3v) is 10.9. The molecule has 16 heteroatoms. The van der Waals surface area contributed by atoms with Gasteiger partial charge in [0.25, 0.3) is 30.4 Å². The second kappa shape index (κ2) is 15.1. The smallest absolute Gasteiger partial charge is 0.294 e. The van der Waals surface area contributed by atoms with Crippen LogP contribution in [0.25, 0.3) is 0 Å². The molecule has 0 amide bonds. The molecular formula is C31H42N2O11S3. The number of hydrogen-bond acceptors (Lipinski definition) is 10. The molecule has 13 nitrogen and oxygen atoms in total. The van der Waals surface area contributed by atoms with Crippen molar-refractivity contribution in [2.45, 2.75) is 60.7 Å². The van der Waals surface area contributed by atoms with E-state index < -0.39 is 46.9 Å². The fourth-order valence-electron chi connectivity index (χ4n) is 5.75. The topological polar surface area (TPSA) is 206 Å². The summed E-state index contributed by atoms with van der Waals surface area (Å²) >= 11 is 0. The van der Waals surface area contributed by atoms with Crippen LogP contribution in [0.1, 0.15) is 49.8 Å². The second-order valence-corrected chi connectivity index (χ2v) is 16.2. The zero-order valence-corrected chi connectivity index (χ0v) is 29.4. The van der Waals surface area contributed by atoms with Crippen LogP contribution >= 0.6 is 0 Å². The predicted molar refractivity (Wildman–Crippen MR) is 179 cm³/mol. The van der Waals surface area contributed by atoms with Crippen LogP contribution in [-0.4, -0.2) is 84.4 Å². The molecule has 3 rings (SSSR count). The van der Waals surface area contributed by atoms with Crippen LogP contribution < -0.4 is 5.32 Å². The van der Waals surface area contributed by atoms with E-state index in [1.807, 2.05) is 6.92 Å². The number of aliphatic imine (C=N–C) groups is 1. The summed E-state index contributed by atoms with van der Waals surface area (Å²) in [7, 11) is -10.3. The molecule has 0 saturated heterocycles. The van der Waals surface area contributed by atoms with E-state index in [9.17, 15) is 38.9 Å². The van der Waals surface area contributed by atoms with E-state index in [0.717, 1.165) is 0 Å². The SMILES string of the molecule is COCCN=C(/C=C/C=C1/Nc2ccc(S(=O)(=O)O)cc2C1(C)CCOC)C(C)(CCCS(=O)(=O)O)c1cc(S(=O)(=O)O)ccc1C. The van der Waals surface area contributed by atoms with Crippen LogP contribution in [-0.2, 0) is 50.7 Å². The van der Waals surface area contributed by atoms with Gasteiger partial charge in [-0.15, -0.1) is 0 Å². The molecule has 260 valence electrons. The Morgan fingerprint density at radius 2 is 1.57 bits per heavy atom. The fourth-order valence-corrected chi connectivity index (χ4v) is 7.27. The Balaban J connectivity index is 2.18. The third kappa shape index (κ3) is 9.57. The minimum absolute atomic E-state index is 0.00511. The van der Waals surface area contributed by atoms with Gasteiger partial charge in [0, 0.05) is 48.8 Å². The summed E-state index contributed by atoms with van der Waals surface area (Å²) < 4.78 is 111. The second-order valence-electron chi connectivity index (χ2n) is 11.8. The molecule has 2 aromatic rings. The highest BCUT2D eigenvalue weighted by molar-refractivity contribution is 7.86. The molecule has 47 heavy (non-hydrogen) atoms. The van der Waals surface area contributed by atoms with E-state index in [1.54, 1.807) is 51.3 Å². The maximum absolute atomic E-state index is 12.1. The monoisotopic (exact) mass is 714 g/mol. The summed E-state index contributed by atoms with van der Waals surface area (Å²) in [5.41, 5.74) is 1.72. The Morgan fingerprint density at radius 3 is 2.17 bits per heavy atom. The van der Waals surface area contributed by atoms with Gasteiger partial charge in [-0.1, -0.05) is 12.1 Å². The summed E-state index contributed by atoms with van der Waals surface area (Å²) in [4.78, 5) is 4.17. The Morgan fingerprint density at radius 1 is 0.957 bits per heavy atom. The number of allylic oxidation sites excluding steroid dienone is 4. The first-order chi connectivity index (χ1) is 21.8. The standard InChI is InChI=1S/C31H42N2O11S3/c1-22-10-11-23(46(37,38)39)20-25(22)30(2,14-7-19-45(34,35)36)28(32-16-18-44-5)8-6-9-29-31(3,15-17-43-4)26-21-24(47(40,41)42)12-13-27(26)33-29/h6,8-13,20-21,33H,7,14-19H2,1-5H3,(H,34,35,36)(H,37,38,39)(H,40,41,42)/b8-6+,29-9+,32-28?. The largest absolute Gasteiger partial charge is 0.385 e. The van der Waals surface area contributed by atoms with E-state index in [4.69, 9.17) is 14.5 Å². The lowest BCUT2D eigenvalue weighted by atomic mass is 9.72. The highest BCUT2D eigenvalue weighted by Crippen LogP contribution is 2.46. The molecule has 2 atom stereocenters. The van der Waals surface area contributed by atoms with Crippen LogP contribution in [0, 0.1) is 6.92 Å². The first-order valence-corrected chi connectivity index (χ1v) is 19.1. The van der Waals surface area contributed by atoms with Crippen molar-refractivity contribution in [2.75, 3.05) is 45.0 Å². The fraction of sp³-hybridized carbons (Fsp3) is 0.452. The molecule has 1 heterocycles. The van der Waals surface area contributed by atoms with E-state index in [1.165, 1.54) is 31.4 Å². The number of anilines is 1. The van der Waals surface area contributed by atoms with Gasteiger partial charge >= 0.3 is 0 Å². The summed E-state index contributed by atoms with van der Waals surface area (Å²) in [6, 6.07) is 8.44. The lowest BCUT2D eigenvalue weighted by molar-refractivity contribution is 0.179. The summed E-state index contributed by atoms with van der Waals surface area (Å²) in [6.45, 7) is 6.25. The normalized spacial score (nSPS) is 19.6. The van der Waals surface area contributed by atoms with Gasteiger partial charge in [0.15, 0.2) is 0 Å². The molecule has 0 aromatic heterocycles. The van der Waals surface area contributed by atoms with Gasteiger partial charge in [-0.3, -0.25) is 18.7 Å². The molecule has 4 N–H and O–H groups in total. The predicted octanol–water partition coefficient (Wildman–Crippen LogP) is 4.36. The molecule has 2 aromatic carbocycles. The van der Waals surface area contributed by atoms with Crippen LogP contribution in [0.5, 0.6) is 0 Å². The molecule has 0 bridgehead atoms. The minimum atomic E-state index is -4.58. The number of methoxy groups -OCH3 is 2. The maximum atomic E-state index is 12.1.